The molecule has 32 heavy (non-hydrogen) atoms. The Kier molecular flexibility index (Phi) is 8.51. The summed E-state index contributed by atoms with van der Waals surface area (Å²) in [6.45, 7) is 2.38. The van der Waals surface area contributed by atoms with Gasteiger partial charge in [0.25, 0.3) is 11.8 Å². The fraction of sp³-hybridized carbons (Fsp3) is 0.167. The Labute approximate surface area is 194 Å². The monoisotopic (exact) mass is 498 g/mol. The topological polar surface area (TPSA) is 85.9 Å². The molecule has 0 atom stereocenters. The van der Waals surface area contributed by atoms with Gasteiger partial charge >= 0.3 is 0 Å². The van der Waals surface area contributed by atoms with Gasteiger partial charge in [0.1, 0.15) is 30.5 Å². The number of ether oxygens (including phenoxy) is 3. The average Bonchev–Trinajstić information content (AvgIpc) is 2.82. The number of benzene rings is 3. The Balaban J connectivity index is 1.40. The molecule has 2 amide bonds. The first-order chi connectivity index (χ1) is 15.5. The molecule has 0 saturated heterocycles. The lowest BCUT2D eigenvalue weighted by molar-refractivity contribution is -0.123. The predicted molar refractivity (Wildman–Crippen MR) is 124 cm³/mol. The van der Waals surface area contributed by atoms with Crippen LogP contribution in [0, 0.1) is 6.92 Å². The molecule has 0 aliphatic rings. The van der Waals surface area contributed by atoms with Crippen molar-refractivity contribution < 1.29 is 23.8 Å². The molecule has 0 aromatic heterocycles. The molecule has 0 unspecified atom stereocenters. The van der Waals surface area contributed by atoms with Gasteiger partial charge in [0.05, 0.1) is 0 Å². The van der Waals surface area contributed by atoms with Crippen LogP contribution in [-0.4, -0.2) is 31.6 Å². The SMILES string of the molecule is Cc1cc(OCC(=O)NNC(=O)c2cccc(OCCOc3ccccc3)c2)ccc1Br. The van der Waals surface area contributed by atoms with Crippen LogP contribution < -0.4 is 25.1 Å². The molecule has 7 nitrogen and oxygen atoms in total. The minimum absolute atomic E-state index is 0.230. The van der Waals surface area contributed by atoms with Gasteiger partial charge in [-0.05, 0) is 61.0 Å². The van der Waals surface area contributed by atoms with Gasteiger partial charge in [-0.15, -0.1) is 0 Å². The fourth-order valence-corrected chi connectivity index (χ4v) is 2.90. The number of nitrogens with one attached hydrogen (secondary N) is 2. The van der Waals surface area contributed by atoms with Crippen LogP contribution in [0.2, 0.25) is 0 Å². The van der Waals surface area contributed by atoms with Crippen LogP contribution >= 0.6 is 15.9 Å². The van der Waals surface area contributed by atoms with Crippen molar-refractivity contribution in [2.24, 2.45) is 0 Å². The van der Waals surface area contributed by atoms with Gasteiger partial charge < -0.3 is 14.2 Å². The standard InChI is InChI=1S/C24H23BrN2O5/c1-17-14-21(10-11-22(17)25)32-16-23(28)26-27-24(29)18-6-5-9-20(15-18)31-13-12-30-19-7-3-2-4-8-19/h2-11,14-15H,12-13,16H2,1H3,(H,26,28)(H,27,29). The summed E-state index contributed by atoms with van der Waals surface area (Å²) in [5.74, 6) is 0.898. The van der Waals surface area contributed by atoms with Gasteiger partial charge in [-0.2, -0.15) is 0 Å². The van der Waals surface area contributed by atoms with E-state index >= 15 is 0 Å². The molecule has 166 valence electrons. The van der Waals surface area contributed by atoms with Crippen molar-refractivity contribution in [1.82, 2.24) is 10.9 Å². The van der Waals surface area contributed by atoms with Crippen molar-refractivity contribution in [3.63, 3.8) is 0 Å². The van der Waals surface area contributed by atoms with E-state index in [-0.39, 0.29) is 6.61 Å². The van der Waals surface area contributed by atoms with Crippen LogP contribution in [0.4, 0.5) is 0 Å². The van der Waals surface area contributed by atoms with E-state index in [1.165, 1.54) is 0 Å². The van der Waals surface area contributed by atoms with E-state index in [1.54, 1.807) is 30.3 Å². The number of hydrogen-bond acceptors (Lipinski definition) is 5. The summed E-state index contributed by atoms with van der Waals surface area (Å²) < 4.78 is 17.6. The minimum Gasteiger partial charge on any atom is -0.490 e. The first kappa shape index (κ1) is 23.1. The van der Waals surface area contributed by atoms with E-state index in [4.69, 9.17) is 14.2 Å². The number of carbonyl (C=O) groups excluding carboxylic acids is 2. The van der Waals surface area contributed by atoms with E-state index in [2.05, 4.69) is 26.8 Å². The molecule has 0 fully saturated rings. The molecule has 3 rings (SSSR count). The number of aryl methyl sites for hydroxylation is 1. The highest BCUT2D eigenvalue weighted by Crippen LogP contribution is 2.21. The van der Waals surface area contributed by atoms with Crippen molar-refractivity contribution in [3.05, 3.63) is 88.4 Å². The first-order valence-electron chi connectivity index (χ1n) is 9.90. The Bertz CT molecular complexity index is 1060. The van der Waals surface area contributed by atoms with E-state index in [0.717, 1.165) is 15.8 Å². The van der Waals surface area contributed by atoms with E-state index in [1.807, 2.05) is 49.4 Å². The largest absolute Gasteiger partial charge is 0.490 e. The quantitative estimate of drug-likeness (QED) is 0.343. The normalized spacial score (nSPS) is 10.2. The molecule has 0 aliphatic carbocycles. The molecule has 3 aromatic carbocycles. The second-order valence-electron chi connectivity index (χ2n) is 6.74. The Morgan fingerprint density at radius 2 is 1.47 bits per heavy atom. The maximum absolute atomic E-state index is 12.3. The Morgan fingerprint density at radius 3 is 2.22 bits per heavy atom. The van der Waals surface area contributed by atoms with Gasteiger partial charge in [0.2, 0.25) is 0 Å². The van der Waals surface area contributed by atoms with Gasteiger partial charge in [0, 0.05) is 10.0 Å². The number of para-hydroxylation sites is 1. The number of hydrogen-bond donors (Lipinski definition) is 2. The Morgan fingerprint density at radius 1 is 0.781 bits per heavy atom. The number of rotatable bonds is 9. The lowest BCUT2D eigenvalue weighted by Crippen LogP contribution is -2.43. The van der Waals surface area contributed by atoms with E-state index in [9.17, 15) is 9.59 Å². The lowest BCUT2D eigenvalue weighted by Gasteiger charge is -2.11. The van der Waals surface area contributed by atoms with E-state index in [0.29, 0.717) is 30.3 Å². The third kappa shape index (κ3) is 7.31. The maximum atomic E-state index is 12.3. The summed E-state index contributed by atoms with van der Waals surface area (Å²) in [4.78, 5) is 24.3. The summed E-state index contributed by atoms with van der Waals surface area (Å²) in [5, 5.41) is 0. The summed E-state index contributed by atoms with van der Waals surface area (Å²) in [7, 11) is 0. The average molecular weight is 499 g/mol. The minimum atomic E-state index is -0.482. The highest BCUT2D eigenvalue weighted by Gasteiger charge is 2.09. The zero-order valence-electron chi connectivity index (χ0n) is 17.5. The highest BCUT2D eigenvalue weighted by molar-refractivity contribution is 9.10. The van der Waals surface area contributed by atoms with Crippen molar-refractivity contribution in [2.45, 2.75) is 6.92 Å². The number of carbonyl (C=O) groups is 2. The van der Waals surface area contributed by atoms with Crippen LogP contribution in [0.15, 0.2) is 77.3 Å². The number of hydrazine groups is 1. The Hall–Kier alpha value is -3.52. The second kappa shape index (κ2) is 11.8. The van der Waals surface area contributed by atoms with Gasteiger partial charge in [0.15, 0.2) is 6.61 Å². The molecule has 0 spiro atoms. The molecule has 8 heteroatoms. The fourth-order valence-electron chi connectivity index (χ4n) is 2.65. The molecular formula is C24H23BrN2O5. The van der Waals surface area contributed by atoms with Crippen molar-refractivity contribution >= 4 is 27.7 Å². The number of amides is 2. The zero-order chi connectivity index (χ0) is 22.8. The van der Waals surface area contributed by atoms with Crippen molar-refractivity contribution in [3.8, 4) is 17.2 Å². The second-order valence-corrected chi connectivity index (χ2v) is 7.59. The third-order valence-corrected chi connectivity index (χ3v) is 5.16. The lowest BCUT2D eigenvalue weighted by atomic mass is 10.2. The molecule has 0 heterocycles. The summed E-state index contributed by atoms with van der Waals surface area (Å²) in [5.41, 5.74) is 6.03. The van der Waals surface area contributed by atoms with Crippen LogP contribution in [0.5, 0.6) is 17.2 Å². The highest BCUT2D eigenvalue weighted by atomic mass is 79.9. The van der Waals surface area contributed by atoms with Gasteiger partial charge in [-0.1, -0.05) is 40.2 Å². The molecule has 0 saturated carbocycles. The van der Waals surface area contributed by atoms with Crippen LogP contribution in [0.25, 0.3) is 0 Å². The van der Waals surface area contributed by atoms with Crippen LogP contribution in [-0.2, 0) is 4.79 Å². The smallest absolute Gasteiger partial charge is 0.276 e. The summed E-state index contributed by atoms with van der Waals surface area (Å²) in [6, 6.07) is 21.5. The molecule has 3 aromatic rings. The van der Waals surface area contributed by atoms with Gasteiger partial charge in [-0.25, -0.2) is 0 Å². The zero-order valence-corrected chi connectivity index (χ0v) is 19.1. The maximum Gasteiger partial charge on any atom is 0.276 e. The third-order valence-electron chi connectivity index (χ3n) is 4.28. The molecule has 2 N–H and O–H groups in total. The molecule has 0 bridgehead atoms. The van der Waals surface area contributed by atoms with Crippen molar-refractivity contribution in [2.75, 3.05) is 19.8 Å². The van der Waals surface area contributed by atoms with Gasteiger partial charge in [-0.3, -0.25) is 20.4 Å². The van der Waals surface area contributed by atoms with Crippen LogP contribution in [0.3, 0.4) is 0 Å². The predicted octanol–water partition coefficient (Wildman–Crippen LogP) is 4.06. The first-order valence-corrected chi connectivity index (χ1v) is 10.7. The van der Waals surface area contributed by atoms with E-state index < -0.39 is 11.8 Å². The molecular weight excluding hydrogens is 476 g/mol. The summed E-state index contributed by atoms with van der Waals surface area (Å²) >= 11 is 3.41. The summed E-state index contributed by atoms with van der Waals surface area (Å²) in [6.07, 6.45) is 0. The van der Waals surface area contributed by atoms with Crippen LogP contribution in [0.1, 0.15) is 15.9 Å². The molecule has 0 aliphatic heterocycles. The number of halogens is 1. The molecule has 0 radical (unpaired) electrons. The van der Waals surface area contributed by atoms with Crippen molar-refractivity contribution in [1.29, 1.82) is 0 Å².